The fourth-order valence-corrected chi connectivity index (χ4v) is 4.79. The first-order chi connectivity index (χ1) is 16.1. The molecule has 0 fully saturated rings. The first-order valence-corrected chi connectivity index (χ1v) is 11.4. The molecule has 0 unspecified atom stereocenters. The van der Waals surface area contributed by atoms with Crippen molar-refractivity contribution in [3.8, 4) is 17.0 Å². The van der Waals surface area contributed by atoms with Gasteiger partial charge in [0.1, 0.15) is 5.75 Å². The summed E-state index contributed by atoms with van der Waals surface area (Å²) in [5.41, 5.74) is 3.06. The number of carbonyl (C=O) groups is 3. The third-order valence-electron chi connectivity index (χ3n) is 5.69. The van der Waals surface area contributed by atoms with Gasteiger partial charge in [-0.25, -0.2) is 4.98 Å². The molecule has 2 aromatic carbocycles. The molecule has 0 atom stereocenters. The number of anilines is 1. The van der Waals surface area contributed by atoms with Crippen LogP contribution in [0.15, 0.2) is 47.8 Å². The van der Waals surface area contributed by atoms with Gasteiger partial charge in [-0.05, 0) is 30.3 Å². The molecule has 2 aliphatic heterocycles. The van der Waals surface area contributed by atoms with Crippen LogP contribution < -0.4 is 9.64 Å². The SMILES string of the molecule is COCCc1nc(-c2ccc3c(c2)N(CCN2C(=O)c4ccccc4C2=O)C(=O)CO3)cs1. The summed E-state index contributed by atoms with van der Waals surface area (Å²) >= 11 is 1.56. The van der Waals surface area contributed by atoms with Gasteiger partial charge in [0.2, 0.25) is 0 Å². The fourth-order valence-electron chi connectivity index (χ4n) is 4.00. The van der Waals surface area contributed by atoms with E-state index in [2.05, 4.69) is 4.98 Å². The number of hydrogen-bond donors (Lipinski definition) is 0. The summed E-state index contributed by atoms with van der Waals surface area (Å²) in [4.78, 5) is 45.5. The summed E-state index contributed by atoms with van der Waals surface area (Å²) < 4.78 is 10.7. The van der Waals surface area contributed by atoms with Crippen molar-refractivity contribution in [2.24, 2.45) is 0 Å². The Labute approximate surface area is 194 Å². The molecule has 3 heterocycles. The lowest BCUT2D eigenvalue weighted by Crippen LogP contribution is -2.44. The summed E-state index contributed by atoms with van der Waals surface area (Å²) in [6, 6.07) is 12.3. The Morgan fingerprint density at radius 1 is 1.03 bits per heavy atom. The number of aromatic nitrogens is 1. The van der Waals surface area contributed by atoms with Crippen LogP contribution in [-0.4, -0.2) is 61.0 Å². The molecule has 3 aromatic rings. The molecule has 168 valence electrons. The van der Waals surface area contributed by atoms with Crippen LogP contribution in [0.2, 0.25) is 0 Å². The average molecular weight is 464 g/mol. The maximum absolute atomic E-state index is 12.7. The van der Waals surface area contributed by atoms with E-state index in [0.717, 1.165) is 22.7 Å². The van der Waals surface area contributed by atoms with Crippen molar-refractivity contribution >= 4 is 34.7 Å². The Balaban J connectivity index is 1.37. The van der Waals surface area contributed by atoms with E-state index in [1.54, 1.807) is 47.6 Å². The molecule has 0 bridgehead atoms. The first-order valence-electron chi connectivity index (χ1n) is 10.5. The molecule has 0 saturated carbocycles. The first kappa shape index (κ1) is 21.3. The molecule has 0 spiro atoms. The highest BCUT2D eigenvalue weighted by Gasteiger charge is 2.36. The number of amides is 3. The summed E-state index contributed by atoms with van der Waals surface area (Å²) in [6.07, 6.45) is 0.736. The maximum Gasteiger partial charge on any atom is 0.265 e. The molecule has 0 N–H and O–H groups in total. The third-order valence-corrected chi connectivity index (χ3v) is 6.60. The summed E-state index contributed by atoms with van der Waals surface area (Å²) in [5, 5.41) is 2.95. The van der Waals surface area contributed by atoms with Crippen LogP contribution in [0.4, 0.5) is 5.69 Å². The second-order valence-corrected chi connectivity index (χ2v) is 8.64. The number of nitrogens with zero attached hydrogens (tertiary/aromatic N) is 3. The number of benzene rings is 2. The van der Waals surface area contributed by atoms with Gasteiger partial charge in [0.05, 0.1) is 34.1 Å². The van der Waals surface area contributed by atoms with Gasteiger partial charge in [0.25, 0.3) is 17.7 Å². The molecule has 3 amide bonds. The van der Waals surface area contributed by atoms with Gasteiger partial charge < -0.3 is 14.4 Å². The quantitative estimate of drug-likeness (QED) is 0.501. The molecule has 2 aliphatic rings. The molecule has 8 nitrogen and oxygen atoms in total. The van der Waals surface area contributed by atoms with Crippen molar-refractivity contribution in [3.63, 3.8) is 0 Å². The van der Waals surface area contributed by atoms with Crippen molar-refractivity contribution in [2.75, 3.05) is 38.3 Å². The van der Waals surface area contributed by atoms with Crippen LogP contribution in [0.1, 0.15) is 25.7 Å². The van der Waals surface area contributed by atoms with Gasteiger partial charge in [0.15, 0.2) is 6.61 Å². The van der Waals surface area contributed by atoms with Crippen LogP contribution in [0.25, 0.3) is 11.3 Å². The number of hydrogen-bond acceptors (Lipinski definition) is 7. The van der Waals surface area contributed by atoms with Crippen LogP contribution in [0, 0.1) is 0 Å². The Kier molecular flexibility index (Phi) is 5.65. The second-order valence-electron chi connectivity index (χ2n) is 7.69. The van der Waals surface area contributed by atoms with Crippen molar-refractivity contribution in [1.29, 1.82) is 0 Å². The lowest BCUT2D eigenvalue weighted by Gasteiger charge is -2.30. The molecule has 0 saturated heterocycles. The van der Waals surface area contributed by atoms with Crippen LogP contribution in [0.5, 0.6) is 5.75 Å². The molecular formula is C24H21N3O5S. The Morgan fingerprint density at radius 2 is 1.76 bits per heavy atom. The molecule has 1 aromatic heterocycles. The predicted octanol–water partition coefficient (Wildman–Crippen LogP) is 3.02. The minimum Gasteiger partial charge on any atom is -0.482 e. The lowest BCUT2D eigenvalue weighted by atomic mass is 10.1. The monoisotopic (exact) mass is 463 g/mol. The number of ether oxygens (including phenoxy) is 2. The predicted molar refractivity (Wildman–Crippen MR) is 123 cm³/mol. The summed E-state index contributed by atoms with van der Waals surface area (Å²) in [5.74, 6) is -0.321. The molecule has 9 heteroatoms. The van der Waals surface area contributed by atoms with Crippen LogP contribution in [-0.2, 0) is 16.0 Å². The Bertz CT molecular complexity index is 1220. The van der Waals surface area contributed by atoms with Gasteiger partial charge in [-0.3, -0.25) is 19.3 Å². The number of imide groups is 1. The average Bonchev–Trinajstić information content (AvgIpc) is 3.40. The van der Waals surface area contributed by atoms with E-state index >= 15 is 0 Å². The number of carbonyl (C=O) groups excluding carboxylic acids is 3. The van der Waals surface area contributed by atoms with E-state index in [9.17, 15) is 14.4 Å². The van der Waals surface area contributed by atoms with Crippen molar-refractivity contribution in [3.05, 3.63) is 64.0 Å². The van der Waals surface area contributed by atoms with Gasteiger partial charge in [0, 0.05) is 37.6 Å². The van der Waals surface area contributed by atoms with Gasteiger partial charge >= 0.3 is 0 Å². The summed E-state index contributed by atoms with van der Waals surface area (Å²) in [7, 11) is 1.66. The highest BCUT2D eigenvalue weighted by atomic mass is 32.1. The molecule has 0 radical (unpaired) electrons. The van der Waals surface area contributed by atoms with E-state index in [-0.39, 0.29) is 37.4 Å². The van der Waals surface area contributed by atoms with E-state index in [4.69, 9.17) is 9.47 Å². The number of methoxy groups -OCH3 is 1. The standard InChI is InChI=1S/C24H21N3O5S/c1-31-11-8-21-25-18(14-33-21)15-6-7-20-19(12-15)26(22(28)13-32-20)9-10-27-23(29)16-4-2-3-5-17(16)24(27)30/h2-7,12,14H,8-11,13H2,1H3. The topological polar surface area (TPSA) is 89.0 Å². The number of thiazole rings is 1. The zero-order valence-electron chi connectivity index (χ0n) is 17.9. The highest BCUT2D eigenvalue weighted by Crippen LogP contribution is 2.36. The van der Waals surface area contributed by atoms with E-state index in [1.807, 2.05) is 23.6 Å². The van der Waals surface area contributed by atoms with E-state index in [1.165, 1.54) is 4.90 Å². The molecular weight excluding hydrogens is 442 g/mol. The number of rotatable bonds is 7. The van der Waals surface area contributed by atoms with Crippen molar-refractivity contribution < 1.29 is 23.9 Å². The highest BCUT2D eigenvalue weighted by molar-refractivity contribution is 7.09. The van der Waals surface area contributed by atoms with Gasteiger partial charge in [-0.2, -0.15) is 0 Å². The largest absolute Gasteiger partial charge is 0.482 e. The maximum atomic E-state index is 12.7. The van der Waals surface area contributed by atoms with Gasteiger partial charge in [-0.15, -0.1) is 11.3 Å². The lowest BCUT2D eigenvalue weighted by molar-refractivity contribution is -0.121. The van der Waals surface area contributed by atoms with E-state index in [0.29, 0.717) is 29.2 Å². The molecule has 33 heavy (non-hydrogen) atoms. The zero-order valence-corrected chi connectivity index (χ0v) is 18.8. The summed E-state index contributed by atoms with van der Waals surface area (Å²) in [6.45, 7) is 0.789. The second kappa shape index (κ2) is 8.76. The third kappa shape index (κ3) is 3.90. The van der Waals surface area contributed by atoms with Gasteiger partial charge in [-0.1, -0.05) is 12.1 Å². The normalized spacial score (nSPS) is 15.0. The van der Waals surface area contributed by atoms with Crippen LogP contribution >= 0.6 is 11.3 Å². The number of fused-ring (bicyclic) bond motifs is 2. The van der Waals surface area contributed by atoms with Crippen molar-refractivity contribution in [2.45, 2.75) is 6.42 Å². The molecule has 0 aliphatic carbocycles. The minimum atomic E-state index is -0.337. The Morgan fingerprint density at radius 3 is 2.48 bits per heavy atom. The van der Waals surface area contributed by atoms with Crippen LogP contribution in [0.3, 0.4) is 0 Å². The fraction of sp³-hybridized carbons (Fsp3) is 0.250. The zero-order chi connectivity index (χ0) is 22.9. The van der Waals surface area contributed by atoms with Crippen molar-refractivity contribution in [1.82, 2.24) is 9.88 Å². The smallest absolute Gasteiger partial charge is 0.265 e. The molecule has 5 rings (SSSR count). The minimum absolute atomic E-state index is 0.0909. The van der Waals surface area contributed by atoms with E-state index < -0.39 is 0 Å². The Hall–Kier alpha value is -3.56.